The Labute approximate surface area is 255 Å². The molecule has 4 heteroatoms. The van der Waals surface area contributed by atoms with E-state index in [0.29, 0.717) is 0 Å². The van der Waals surface area contributed by atoms with Gasteiger partial charge in [0.15, 0.2) is 7.14 Å². The Morgan fingerprint density at radius 1 is 0.477 bits per heavy atom. The summed E-state index contributed by atoms with van der Waals surface area (Å²) in [4.78, 5) is 10.1. The number of fused-ring (bicyclic) bond motifs is 5. The number of aromatic nitrogens is 2. The van der Waals surface area contributed by atoms with Crippen molar-refractivity contribution in [3.05, 3.63) is 164 Å². The highest BCUT2D eigenvalue weighted by atomic mass is 31.2. The molecule has 6 aromatic carbocycles. The Morgan fingerprint density at radius 2 is 1.05 bits per heavy atom. The first kappa shape index (κ1) is 26.3. The highest BCUT2D eigenvalue weighted by Gasteiger charge is 2.29. The maximum atomic E-state index is 14.8. The second-order valence-electron chi connectivity index (χ2n) is 11.0. The summed E-state index contributed by atoms with van der Waals surface area (Å²) in [5.74, 6) is 0. The largest absolute Gasteiger partial charge is 0.309 e. The standard InChI is InChI=1S/C40H27N2OP/c43-44(32-15-6-2-7-16-32,33-17-8-3-9-18-33)34-23-20-28(21-24-34)30-22-25-36-37(26-30)42-39(29-12-4-1-5-13-29)40-38(36)35-19-11-10-14-31(35)27-41-40/h1-27H. The lowest BCUT2D eigenvalue weighted by molar-refractivity contribution is 0.592. The van der Waals surface area contributed by atoms with Crippen molar-refractivity contribution in [3.63, 3.8) is 0 Å². The third-order valence-corrected chi connectivity index (χ3v) is 11.5. The van der Waals surface area contributed by atoms with E-state index >= 15 is 0 Å². The monoisotopic (exact) mass is 582 g/mol. The Hall–Kier alpha value is -5.37. The molecule has 0 fully saturated rings. The molecule has 2 aromatic heterocycles. The average molecular weight is 583 g/mol. The molecule has 208 valence electrons. The smallest absolute Gasteiger partial charge is 0.171 e. The second kappa shape index (κ2) is 10.7. The van der Waals surface area contributed by atoms with E-state index in [2.05, 4.69) is 60.7 Å². The van der Waals surface area contributed by atoms with E-state index in [1.807, 2.05) is 103 Å². The van der Waals surface area contributed by atoms with Gasteiger partial charge in [-0.3, -0.25) is 4.98 Å². The minimum absolute atomic E-state index is 0.812. The molecule has 2 heterocycles. The van der Waals surface area contributed by atoms with Gasteiger partial charge in [0.2, 0.25) is 0 Å². The minimum atomic E-state index is -3.04. The van der Waals surface area contributed by atoms with Gasteiger partial charge in [-0.05, 0) is 22.6 Å². The highest BCUT2D eigenvalue weighted by molar-refractivity contribution is 7.85. The molecule has 8 aromatic rings. The molecular weight excluding hydrogens is 555 g/mol. The van der Waals surface area contributed by atoms with Gasteiger partial charge in [-0.15, -0.1) is 0 Å². The SMILES string of the molecule is O=P(c1ccccc1)(c1ccccc1)c1ccc(-c2ccc3c(c2)nc(-c2ccccc2)c2ncc4ccccc4c23)cc1. The van der Waals surface area contributed by atoms with Gasteiger partial charge in [0.05, 0.1) is 16.7 Å². The zero-order chi connectivity index (χ0) is 29.5. The molecule has 0 unspecified atom stereocenters. The number of benzene rings is 6. The van der Waals surface area contributed by atoms with Crippen molar-refractivity contribution in [1.82, 2.24) is 9.97 Å². The van der Waals surface area contributed by atoms with Crippen molar-refractivity contribution in [2.75, 3.05) is 0 Å². The topological polar surface area (TPSA) is 42.9 Å². The molecule has 3 nitrogen and oxygen atoms in total. The van der Waals surface area contributed by atoms with E-state index in [-0.39, 0.29) is 0 Å². The van der Waals surface area contributed by atoms with Gasteiger partial charge >= 0.3 is 0 Å². The second-order valence-corrected chi connectivity index (χ2v) is 13.7. The van der Waals surface area contributed by atoms with Crippen molar-refractivity contribution >= 4 is 55.6 Å². The lowest BCUT2D eigenvalue weighted by Gasteiger charge is -2.20. The Morgan fingerprint density at radius 3 is 1.73 bits per heavy atom. The Bertz CT molecular complexity index is 2290. The fraction of sp³-hybridized carbons (Fsp3) is 0. The molecule has 0 atom stereocenters. The highest BCUT2D eigenvalue weighted by Crippen LogP contribution is 2.43. The Kier molecular flexibility index (Phi) is 6.40. The molecule has 0 amide bonds. The van der Waals surface area contributed by atoms with Gasteiger partial charge in [-0.2, -0.15) is 0 Å². The van der Waals surface area contributed by atoms with Crippen molar-refractivity contribution in [1.29, 1.82) is 0 Å². The average Bonchev–Trinajstić information content (AvgIpc) is 3.11. The summed E-state index contributed by atoms with van der Waals surface area (Å²) in [6.07, 6.45) is 1.94. The maximum absolute atomic E-state index is 14.8. The summed E-state index contributed by atoms with van der Waals surface area (Å²) >= 11 is 0. The molecule has 8 rings (SSSR count). The van der Waals surface area contributed by atoms with E-state index in [0.717, 1.165) is 70.9 Å². The van der Waals surface area contributed by atoms with Gasteiger partial charge in [0, 0.05) is 43.8 Å². The van der Waals surface area contributed by atoms with Crippen LogP contribution in [-0.4, -0.2) is 9.97 Å². The van der Waals surface area contributed by atoms with Crippen LogP contribution in [0.3, 0.4) is 0 Å². The molecule has 0 radical (unpaired) electrons. The number of hydrogen-bond donors (Lipinski definition) is 0. The molecule has 0 N–H and O–H groups in total. The summed E-state index contributed by atoms with van der Waals surface area (Å²) in [5.41, 5.74) is 5.82. The number of rotatable bonds is 5. The van der Waals surface area contributed by atoms with E-state index < -0.39 is 7.14 Å². The molecule has 0 spiro atoms. The van der Waals surface area contributed by atoms with Crippen molar-refractivity contribution in [3.8, 4) is 22.4 Å². The van der Waals surface area contributed by atoms with Crippen molar-refractivity contribution in [2.45, 2.75) is 0 Å². The first-order chi connectivity index (χ1) is 21.7. The molecular formula is C40H27N2OP. The van der Waals surface area contributed by atoms with Crippen LogP contribution in [0.2, 0.25) is 0 Å². The molecule has 0 aliphatic rings. The quantitative estimate of drug-likeness (QED) is 0.150. The number of pyridine rings is 2. The Balaban J connectivity index is 1.29. The molecule has 0 aliphatic carbocycles. The summed E-state index contributed by atoms with van der Waals surface area (Å²) in [6.45, 7) is 0. The molecule has 0 aliphatic heterocycles. The molecule has 44 heavy (non-hydrogen) atoms. The van der Waals surface area contributed by atoms with Gasteiger partial charge in [-0.25, -0.2) is 4.98 Å². The lowest BCUT2D eigenvalue weighted by atomic mass is 9.97. The van der Waals surface area contributed by atoms with Crippen LogP contribution in [0.1, 0.15) is 0 Å². The normalized spacial score (nSPS) is 11.7. The van der Waals surface area contributed by atoms with Crippen molar-refractivity contribution < 1.29 is 4.57 Å². The van der Waals surface area contributed by atoms with Crippen LogP contribution >= 0.6 is 7.14 Å². The van der Waals surface area contributed by atoms with Crippen LogP contribution in [0.15, 0.2) is 164 Å². The van der Waals surface area contributed by atoms with Gasteiger partial charge < -0.3 is 4.57 Å². The van der Waals surface area contributed by atoms with E-state index in [1.165, 1.54) is 0 Å². The summed E-state index contributed by atoms with van der Waals surface area (Å²) < 4.78 is 14.8. The fourth-order valence-corrected chi connectivity index (χ4v) is 8.84. The van der Waals surface area contributed by atoms with Gasteiger partial charge in [-0.1, -0.05) is 152 Å². The third-order valence-electron chi connectivity index (χ3n) is 8.37. The van der Waals surface area contributed by atoms with E-state index in [9.17, 15) is 4.57 Å². The third kappa shape index (κ3) is 4.33. The maximum Gasteiger partial charge on any atom is 0.171 e. The number of nitrogens with zero attached hydrogens (tertiary/aromatic N) is 2. The zero-order valence-corrected chi connectivity index (χ0v) is 24.7. The van der Waals surface area contributed by atoms with Crippen LogP contribution in [0, 0.1) is 0 Å². The van der Waals surface area contributed by atoms with Crippen LogP contribution in [-0.2, 0) is 4.57 Å². The fourth-order valence-electron chi connectivity index (χ4n) is 6.19. The van der Waals surface area contributed by atoms with Crippen LogP contribution in [0.5, 0.6) is 0 Å². The zero-order valence-electron chi connectivity index (χ0n) is 23.8. The lowest BCUT2D eigenvalue weighted by Crippen LogP contribution is -2.24. The predicted octanol–water partition coefficient (Wildman–Crippen LogP) is 8.91. The van der Waals surface area contributed by atoms with E-state index in [4.69, 9.17) is 9.97 Å². The van der Waals surface area contributed by atoms with E-state index in [1.54, 1.807) is 0 Å². The molecule has 0 bridgehead atoms. The first-order valence-corrected chi connectivity index (χ1v) is 16.4. The van der Waals surface area contributed by atoms with Gasteiger partial charge in [0.25, 0.3) is 0 Å². The first-order valence-electron chi connectivity index (χ1n) is 14.7. The summed E-state index contributed by atoms with van der Waals surface area (Å²) in [7, 11) is -3.04. The van der Waals surface area contributed by atoms with Crippen molar-refractivity contribution in [2.24, 2.45) is 0 Å². The summed E-state index contributed by atoms with van der Waals surface area (Å²) in [5, 5.41) is 6.92. The molecule has 0 saturated heterocycles. The molecule has 0 saturated carbocycles. The minimum Gasteiger partial charge on any atom is -0.309 e. The predicted molar refractivity (Wildman–Crippen MR) is 185 cm³/mol. The van der Waals surface area contributed by atoms with Crippen LogP contribution in [0.25, 0.3) is 55.0 Å². The van der Waals surface area contributed by atoms with Crippen LogP contribution < -0.4 is 15.9 Å². The van der Waals surface area contributed by atoms with Crippen LogP contribution in [0.4, 0.5) is 0 Å². The number of hydrogen-bond acceptors (Lipinski definition) is 3. The summed E-state index contributed by atoms with van der Waals surface area (Å²) in [6, 6.07) is 52.9. The van der Waals surface area contributed by atoms with Gasteiger partial charge in [0.1, 0.15) is 0 Å².